The fourth-order valence-electron chi connectivity index (χ4n) is 9.93. The third-order valence-electron chi connectivity index (χ3n) is 14.1. The van der Waals surface area contributed by atoms with Crippen LogP contribution in [0.2, 0.25) is 0 Å². The van der Waals surface area contributed by atoms with E-state index in [1.807, 2.05) is 72.8 Å². The zero-order chi connectivity index (χ0) is 50.3. The summed E-state index contributed by atoms with van der Waals surface area (Å²) >= 11 is 0. The molecule has 2 fully saturated rings. The number of nitrogens with zero attached hydrogens (tertiary/aromatic N) is 2. The van der Waals surface area contributed by atoms with Crippen LogP contribution in [0.1, 0.15) is 115 Å². The SMILES string of the molecule is CC(C)(C)c1cc2cc(NC(=O)C3(c4ccc5c(c4)OCO5)CC3)ccc2n1CCCC(=O)NCCO.CC(C)(C)c1cc2cc(NC(=O)C3(c4ccc5c(c4)OCO5)CC3)ccc2n1CCCC(=O)O. The minimum Gasteiger partial charge on any atom is -0.481 e. The predicted octanol–water partition coefficient (Wildman–Crippen LogP) is 9.43. The Hall–Kier alpha value is -7.00. The maximum Gasteiger partial charge on any atom is 0.303 e. The van der Waals surface area contributed by atoms with Crippen molar-refractivity contribution >= 4 is 56.9 Å². The molecule has 0 bridgehead atoms. The highest BCUT2D eigenvalue weighted by Crippen LogP contribution is 2.52. The van der Waals surface area contributed by atoms with E-state index in [9.17, 15) is 19.2 Å². The van der Waals surface area contributed by atoms with Crippen LogP contribution in [-0.2, 0) is 53.9 Å². The number of aliphatic hydroxyl groups is 1. The maximum atomic E-state index is 13.4. The Balaban J connectivity index is 0.000000176. The molecule has 2 aromatic heterocycles. The number of carboxylic acids is 1. The van der Waals surface area contributed by atoms with Gasteiger partial charge in [-0.3, -0.25) is 19.2 Å². The van der Waals surface area contributed by atoms with Crippen molar-refractivity contribution < 1.29 is 48.3 Å². The van der Waals surface area contributed by atoms with E-state index in [-0.39, 0.29) is 61.7 Å². The van der Waals surface area contributed by atoms with E-state index in [1.165, 1.54) is 5.69 Å². The second kappa shape index (κ2) is 19.3. The van der Waals surface area contributed by atoms with Crippen LogP contribution < -0.4 is 34.9 Å². The van der Waals surface area contributed by atoms with Crippen molar-refractivity contribution in [3.05, 3.63) is 107 Å². The number of hydrogen-bond donors (Lipinski definition) is 5. The molecule has 2 aliphatic carbocycles. The number of nitrogens with one attached hydrogen (secondary N) is 3. The number of carboxylic acid groups (broad SMARTS) is 1. The largest absolute Gasteiger partial charge is 0.481 e. The highest BCUT2D eigenvalue weighted by Gasteiger charge is 2.53. The molecule has 2 aliphatic heterocycles. The molecule has 0 saturated heterocycles. The van der Waals surface area contributed by atoms with Gasteiger partial charge in [0.05, 0.1) is 17.4 Å². The molecular formula is C56H65N5O10. The molecule has 374 valence electrons. The normalized spacial score (nSPS) is 15.8. The number of aromatic nitrogens is 2. The molecule has 15 nitrogen and oxygen atoms in total. The molecule has 4 aliphatic rings. The van der Waals surface area contributed by atoms with Crippen LogP contribution in [0.4, 0.5) is 11.4 Å². The molecule has 0 radical (unpaired) electrons. The average Bonchev–Trinajstić information content (AvgIpc) is 4.09. The highest BCUT2D eigenvalue weighted by atomic mass is 16.7. The number of ether oxygens (including phenoxy) is 4. The Morgan fingerprint density at radius 3 is 1.42 bits per heavy atom. The monoisotopic (exact) mass is 967 g/mol. The molecule has 15 heteroatoms. The van der Waals surface area contributed by atoms with Gasteiger partial charge in [0.1, 0.15) is 0 Å². The first-order valence-electron chi connectivity index (χ1n) is 24.7. The second-order valence-electron chi connectivity index (χ2n) is 21.3. The molecule has 5 N–H and O–H groups in total. The number of aliphatic carboxylic acids is 1. The number of hydrogen-bond acceptors (Lipinski definition) is 9. The fourth-order valence-corrected chi connectivity index (χ4v) is 9.93. The van der Waals surface area contributed by atoms with E-state index in [0.29, 0.717) is 49.6 Å². The van der Waals surface area contributed by atoms with Gasteiger partial charge in [0.2, 0.25) is 31.3 Å². The smallest absolute Gasteiger partial charge is 0.303 e. The number of benzene rings is 4. The number of amides is 3. The molecule has 10 rings (SSSR count). The van der Waals surface area contributed by atoms with Crippen LogP contribution in [0.3, 0.4) is 0 Å². The molecule has 6 aromatic rings. The summed E-state index contributed by atoms with van der Waals surface area (Å²) in [5.41, 5.74) is 6.65. The van der Waals surface area contributed by atoms with Crippen molar-refractivity contribution in [1.29, 1.82) is 0 Å². The van der Waals surface area contributed by atoms with Crippen molar-refractivity contribution in [3.8, 4) is 23.0 Å². The van der Waals surface area contributed by atoms with Gasteiger partial charge in [-0.25, -0.2) is 0 Å². The molecule has 4 aromatic carbocycles. The summed E-state index contributed by atoms with van der Waals surface area (Å²) in [5, 5.41) is 29.0. The summed E-state index contributed by atoms with van der Waals surface area (Å²) in [6.45, 7) is 15.0. The van der Waals surface area contributed by atoms with Crippen molar-refractivity contribution in [2.75, 3.05) is 37.4 Å². The summed E-state index contributed by atoms with van der Waals surface area (Å²) in [6.07, 6.45) is 5.01. The van der Waals surface area contributed by atoms with Gasteiger partial charge < -0.3 is 54.2 Å². The van der Waals surface area contributed by atoms with E-state index in [0.717, 1.165) is 81.4 Å². The van der Waals surface area contributed by atoms with Crippen molar-refractivity contribution in [1.82, 2.24) is 14.5 Å². The Kier molecular flexibility index (Phi) is 13.3. The van der Waals surface area contributed by atoms with Gasteiger partial charge in [-0.15, -0.1) is 0 Å². The Morgan fingerprint density at radius 2 is 1.01 bits per heavy atom. The van der Waals surface area contributed by atoms with Crippen LogP contribution >= 0.6 is 0 Å². The molecule has 71 heavy (non-hydrogen) atoms. The lowest BCUT2D eigenvalue weighted by Crippen LogP contribution is -2.27. The number of fused-ring (bicyclic) bond motifs is 4. The summed E-state index contributed by atoms with van der Waals surface area (Å²) in [7, 11) is 0. The number of aryl methyl sites for hydroxylation is 2. The molecule has 0 atom stereocenters. The standard InChI is InChI=1S/C29H35N3O5.C27H30N2O5/c1-28(2,3)25-16-19-15-21(7-8-22(19)32(25)13-4-5-26(34)30-12-14-33)31-27(35)29(10-11-29)20-6-9-23-24(17-20)37-18-36-23;1-26(2,3)23-14-17-13-19(7-8-20(17)29(23)12-4-5-24(30)31)28-25(32)27(10-11-27)18-6-9-21-22(15-18)34-16-33-21/h6-9,15-17,33H,4-5,10-14,18H2,1-3H3,(H,30,34)(H,31,35);6-9,13-15H,4-5,10-12,16H2,1-3H3,(H,28,32)(H,30,31). The molecular weight excluding hydrogens is 903 g/mol. The number of anilines is 2. The van der Waals surface area contributed by atoms with Gasteiger partial charge in [0.25, 0.3) is 0 Å². The Labute approximate surface area is 413 Å². The van der Waals surface area contributed by atoms with Gasteiger partial charge in [0, 0.05) is 87.9 Å². The molecule has 0 spiro atoms. The second-order valence-corrected chi connectivity index (χ2v) is 21.3. The van der Waals surface area contributed by atoms with Crippen molar-refractivity contribution in [2.45, 2.75) is 128 Å². The summed E-state index contributed by atoms with van der Waals surface area (Å²) < 4.78 is 26.3. The van der Waals surface area contributed by atoms with Crippen LogP contribution in [-0.4, -0.2) is 69.8 Å². The Bertz CT molecular complexity index is 3020. The first-order chi connectivity index (χ1) is 33.9. The van der Waals surface area contributed by atoms with E-state index in [2.05, 4.69) is 78.8 Å². The Morgan fingerprint density at radius 1 is 0.577 bits per heavy atom. The summed E-state index contributed by atoms with van der Waals surface area (Å²) in [4.78, 5) is 49.7. The highest BCUT2D eigenvalue weighted by molar-refractivity contribution is 6.04. The minimum absolute atomic E-state index is 0.00455. The minimum atomic E-state index is -0.782. The topological polar surface area (TPSA) is 192 Å². The first kappa shape index (κ1) is 49.0. The van der Waals surface area contributed by atoms with E-state index < -0.39 is 16.8 Å². The van der Waals surface area contributed by atoms with Crippen LogP contribution in [0.5, 0.6) is 23.0 Å². The zero-order valence-corrected chi connectivity index (χ0v) is 41.5. The van der Waals surface area contributed by atoms with Crippen LogP contribution in [0, 0.1) is 0 Å². The van der Waals surface area contributed by atoms with Gasteiger partial charge >= 0.3 is 5.97 Å². The first-order valence-corrected chi connectivity index (χ1v) is 24.7. The van der Waals surface area contributed by atoms with Crippen LogP contribution in [0.25, 0.3) is 21.8 Å². The number of carbonyl (C=O) groups is 4. The molecule has 2 saturated carbocycles. The lowest BCUT2D eigenvalue weighted by atomic mass is 9.92. The zero-order valence-electron chi connectivity index (χ0n) is 41.5. The van der Waals surface area contributed by atoms with E-state index in [4.69, 9.17) is 29.2 Å². The third kappa shape index (κ3) is 10.3. The van der Waals surface area contributed by atoms with E-state index >= 15 is 0 Å². The number of rotatable bonds is 16. The number of carbonyl (C=O) groups excluding carboxylic acids is 3. The van der Waals surface area contributed by atoms with Gasteiger partial charge in [-0.2, -0.15) is 0 Å². The third-order valence-corrected chi connectivity index (χ3v) is 14.1. The van der Waals surface area contributed by atoms with Gasteiger partial charge in [-0.05, 0) is 122 Å². The summed E-state index contributed by atoms with van der Waals surface area (Å²) in [5.74, 6) is 1.97. The quantitative estimate of drug-likeness (QED) is 0.0625. The van der Waals surface area contributed by atoms with Crippen LogP contribution in [0.15, 0.2) is 84.9 Å². The molecule has 0 unspecified atom stereocenters. The maximum absolute atomic E-state index is 13.4. The number of aliphatic hydroxyl groups excluding tert-OH is 1. The average molecular weight is 968 g/mol. The van der Waals surface area contributed by atoms with E-state index in [1.54, 1.807) is 0 Å². The fraction of sp³-hybridized carbons (Fsp3) is 0.429. The van der Waals surface area contributed by atoms with Gasteiger partial charge in [0.15, 0.2) is 23.0 Å². The van der Waals surface area contributed by atoms with Gasteiger partial charge in [-0.1, -0.05) is 53.7 Å². The predicted molar refractivity (Wildman–Crippen MR) is 272 cm³/mol. The molecule has 4 heterocycles. The van der Waals surface area contributed by atoms with Crippen molar-refractivity contribution in [3.63, 3.8) is 0 Å². The lowest BCUT2D eigenvalue weighted by molar-refractivity contribution is -0.137. The summed E-state index contributed by atoms with van der Waals surface area (Å²) in [6, 6.07) is 27.8. The molecule has 3 amide bonds. The lowest BCUT2D eigenvalue weighted by Gasteiger charge is -2.22. The van der Waals surface area contributed by atoms with Crippen molar-refractivity contribution in [2.24, 2.45) is 0 Å².